The Morgan fingerprint density at radius 2 is 0.423 bits per heavy atom. The molecule has 0 N–H and O–H groups in total. The first-order valence-corrected chi connectivity index (χ1v) is 14.4. The average molecular weight is 412 g/mol. The molecule has 160 valence electrons. The Labute approximate surface area is 167 Å². The molecule has 0 rings (SSSR count). The second-order valence-electron chi connectivity index (χ2n) is 6.59. The molecule has 0 heterocycles. The predicted octanol–water partition coefficient (Wildman–Crippen LogP) is 3.96. The summed E-state index contributed by atoms with van der Waals surface area (Å²) >= 11 is -3.62. The fraction of sp³-hybridized carbons (Fsp3) is 1.00. The van der Waals surface area contributed by atoms with Gasteiger partial charge in [-0.25, -0.2) is 0 Å². The first-order chi connectivity index (χ1) is 12.4. The summed E-state index contributed by atoms with van der Waals surface area (Å²) in [6, 6.07) is 0. The second-order valence-corrected chi connectivity index (χ2v) is 13.8. The minimum absolute atomic E-state index is 1.10. The summed E-state index contributed by atoms with van der Waals surface area (Å²) < 4.78 is 14.4. The Kier molecular flexibility index (Phi) is 12.2. The molecule has 0 aromatic rings. The molecule has 0 amide bonds. The van der Waals surface area contributed by atoms with Gasteiger partial charge in [-0.05, 0) is 0 Å². The fourth-order valence-electron chi connectivity index (χ4n) is 5.44. The number of hydrogen-bond acceptors (Lipinski definition) is 5. The topological polar surface area (TPSA) is 16.2 Å². The first kappa shape index (κ1) is 26.4. The molecule has 26 heavy (non-hydrogen) atoms. The minimum atomic E-state index is -3.62. The molecule has 0 bridgehead atoms. The van der Waals surface area contributed by atoms with Crippen molar-refractivity contribution in [2.24, 2.45) is 0 Å². The van der Waals surface area contributed by atoms with Gasteiger partial charge in [0.05, 0.1) is 0 Å². The summed E-state index contributed by atoms with van der Waals surface area (Å²) in [4.78, 5) is 0. The van der Waals surface area contributed by atoms with Crippen LogP contribution in [0.1, 0.15) is 69.2 Å². The van der Waals surface area contributed by atoms with E-state index in [2.05, 4.69) is 88.0 Å². The fourth-order valence-corrected chi connectivity index (χ4v) is 18.9. The Bertz CT molecular complexity index is 272. The maximum absolute atomic E-state index is 3.62. The van der Waals surface area contributed by atoms with Crippen LogP contribution in [0.2, 0.25) is 0 Å². The van der Waals surface area contributed by atoms with Crippen molar-refractivity contribution in [1.82, 2.24) is 18.7 Å². The Morgan fingerprint density at radius 1 is 0.308 bits per heavy atom. The molecule has 0 atom stereocenters. The van der Waals surface area contributed by atoms with E-state index in [0.717, 1.165) is 65.4 Å². The van der Waals surface area contributed by atoms with Gasteiger partial charge >= 0.3 is 167 Å². The SMILES string of the molecule is CC[N](CC)[V]([N](CC)CC)([N](CC)CC)([N](CC)CC)[N](CC)CC. The second kappa shape index (κ2) is 12.1. The van der Waals surface area contributed by atoms with Crippen molar-refractivity contribution in [2.75, 3.05) is 65.4 Å². The molecular formula is C20H50N5V. The van der Waals surface area contributed by atoms with Crippen LogP contribution in [0.15, 0.2) is 0 Å². The summed E-state index contributed by atoms with van der Waals surface area (Å²) in [5.41, 5.74) is 0. The zero-order valence-corrected chi connectivity index (χ0v) is 21.2. The van der Waals surface area contributed by atoms with E-state index >= 15 is 0 Å². The van der Waals surface area contributed by atoms with E-state index in [1.54, 1.807) is 0 Å². The van der Waals surface area contributed by atoms with E-state index in [1.807, 2.05) is 0 Å². The van der Waals surface area contributed by atoms with Crippen molar-refractivity contribution in [1.29, 1.82) is 0 Å². The third-order valence-electron chi connectivity index (χ3n) is 6.18. The molecule has 0 fully saturated rings. The van der Waals surface area contributed by atoms with Crippen LogP contribution in [-0.4, -0.2) is 84.2 Å². The third kappa shape index (κ3) is 3.66. The van der Waals surface area contributed by atoms with Gasteiger partial charge in [0.2, 0.25) is 0 Å². The molecule has 0 aliphatic rings. The van der Waals surface area contributed by atoms with Gasteiger partial charge in [-0.15, -0.1) is 0 Å². The van der Waals surface area contributed by atoms with E-state index in [1.165, 1.54) is 0 Å². The van der Waals surface area contributed by atoms with Crippen molar-refractivity contribution < 1.29 is 14.1 Å². The van der Waals surface area contributed by atoms with Crippen molar-refractivity contribution in [3.63, 3.8) is 0 Å². The van der Waals surface area contributed by atoms with E-state index in [0.29, 0.717) is 0 Å². The van der Waals surface area contributed by atoms with Crippen molar-refractivity contribution in [3.8, 4) is 0 Å². The molecule has 0 saturated heterocycles. The molecule has 0 unspecified atom stereocenters. The van der Waals surface area contributed by atoms with Crippen molar-refractivity contribution in [2.45, 2.75) is 69.2 Å². The normalized spacial score (nSPS) is 14.8. The molecule has 6 heteroatoms. The number of hydrogen-bond donors (Lipinski definition) is 0. The zero-order chi connectivity index (χ0) is 20.4. The van der Waals surface area contributed by atoms with Crippen LogP contribution >= 0.6 is 0 Å². The first-order valence-electron chi connectivity index (χ1n) is 11.2. The van der Waals surface area contributed by atoms with Gasteiger partial charge in [0.1, 0.15) is 0 Å². The van der Waals surface area contributed by atoms with Crippen LogP contribution in [0.25, 0.3) is 0 Å². The molecule has 0 aliphatic heterocycles. The molecule has 0 saturated carbocycles. The summed E-state index contributed by atoms with van der Waals surface area (Å²) in [7, 11) is 0. The van der Waals surface area contributed by atoms with Crippen molar-refractivity contribution >= 4 is 0 Å². The Hall–Kier alpha value is 0.384. The third-order valence-corrected chi connectivity index (χ3v) is 18.5. The molecule has 0 spiro atoms. The quantitative estimate of drug-likeness (QED) is 0.404. The standard InChI is InChI=1S/5C4H10N.V/c5*1-3-5-4-2;/h5*3-4H2,1-2H3;/q5*-1;+5. The number of nitrogens with zero attached hydrogens (tertiary/aromatic N) is 5. The maximum atomic E-state index is 2.89. The van der Waals surface area contributed by atoms with Gasteiger partial charge in [0.25, 0.3) is 0 Å². The molecule has 0 aromatic heterocycles. The number of rotatable bonds is 15. The van der Waals surface area contributed by atoms with E-state index in [-0.39, 0.29) is 0 Å². The van der Waals surface area contributed by atoms with Gasteiger partial charge in [0.15, 0.2) is 0 Å². The van der Waals surface area contributed by atoms with E-state index in [9.17, 15) is 0 Å². The average Bonchev–Trinajstić information content (AvgIpc) is 2.66. The van der Waals surface area contributed by atoms with Crippen LogP contribution in [0, 0.1) is 0 Å². The van der Waals surface area contributed by atoms with Gasteiger partial charge in [0, 0.05) is 0 Å². The Morgan fingerprint density at radius 3 is 0.500 bits per heavy atom. The van der Waals surface area contributed by atoms with Crippen LogP contribution < -0.4 is 0 Å². The molecule has 5 nitrogen and oxygen atoms in total. The van der Waals surface area contributed by atoms with E-state index < -0.39 is 14.1 Å². The predicted molar refractivity (Wildman–Crippen MR) is 115 cm³/mol. The summed E-state index contributed by atoms with van der Waals surface area (Å²) in [5, 5.41) is 0. The van der Waals surface area contributed by atoms with Crippen LogP contribution in [-0.2, 0) is 14.1 Å². The van der Waals surface area contributed by atoms with Gasteiger partial charge in [-0.3, -0.25) is 0 Å². The van der Waals surface area contributed by atoms with Gasteiger partial charge < -0.3 is 0 Å². The summed E-state index contributed by atoms with van der Waals surface area (Å²) in [6.07, 6.45) is 0. The van der Waals surface area contributed by atoms with Gasteiger partial charge in [-0.1, -0.05) is 0 Å². The van der Waals surface area contributed by atoms with Crippen LogP contribution in [0.5, 0.6) is 0 Å². The summed E-state index contributed by atoms with van der Waals surface area (Å²) in [6.45, 7) is 34.6. The molecule has 0 aliphatic carbocycles. The molecule has 0 aromatic carbocycles. The van der Waals surface area contributed by atoms with E-state index in [4.69, 9.17) is 0 Å². The molecular weight excluding hydrogens is 361 g/mol. The Balaban J connectivity index is 7.47. The molecule has 0 radical (unpaired) electrons. The van der Waals surface area contributed by atoms with Gasteiger partial charge in [-0.2, -0.15) is 0 Å². The van der Waals surface area contributed by atoms with Crippen LogP contribution in [0.3, 0.4) is 0 Å². The summed E-state index contributed by atoms with van der Waals surface area (Å²) in [5.74, 6) is 0. The van der Waals surface area contributed by atoms with Crippen molar-refractivity contribution in [3.05, 3.63) is 0 Å². The van der Waals surface area contributed by atoms with Crippen LogP contribution in [0.4, 0.5) is 0 Å². The zero-order valence-electron chi connectivity index (χ0n) is 19.8. The monoisotopic (exact) mass is 411 g/mol.